The minimum atomic E-state index is -0.0151. The summed E-state index contributed by atoms with van der Waals surface area (Å²) in [5, 5.41) is 0. The van der Waals surface area contributed by atoms with Crippen molar-refractivity contribution in [3.8, 4) is 0 Å². The Bertz CT molecular complexity index is 320. The van der Waals surface area contributed by atoms with Crippen LogP contribution < -0.4 is 0 Å². The molecule has 0 spiro atoms. The molecule has 0 aromatic rings. The molecule has 0 bridgehead atoms. The minimum Gasteiger partial charge on any atom is -0.465 e. The van der Waals surface area contributed by atoms with Crippen molar-refractivity contribution < 1.29 is 9.53 Å². The third kappa shape index (κ3) is 17.8. The number of carbonyl (C=O) groups excluding carboxylic acids is 1. The van der Waals surface area contributed by atoms with E-state index in [4.69, 9.17) is 4.74 Å². The highest BCUT2D eigenvalue weighted by atomic mass is 16.5. The third-order valence-corrected chi connectivity index (χ3v) is 4.76. The molecule has 25 heavy (non-hydrogen) atoms. The summed E-state index contributed by atoms with van der Waals surface area (Å²) in [6.45, 7) is 7.24. The van der Waals surface area contributed by atoms with Crippen LogP contribution in [0.25, 0.3) is 0 Å². The van der Waals surface area contributed by atoms with Gasteiger partial charge in [-0.05, 0) is 32.1 Å². The van der Waals surface area contributed by atoms with Crippen LogP contribution in [0, 0.1) is 0 Å². The Morgan fingerprint density at radius 2 is 1.24 bits per heavy atom. The molecule has 0 aromatic heterocycles. The van der Waals surface area contributed by atoms with Gasteiger partial charge in [0, 0.05) is 12.8 Å². The SMILES string of the molecule is CCCCCC/C=C(\CCCCCCC)CCOC(=O)CCCCC. The molecule has 2 heteroatoms. The van der Waals surface area contributed by atoms with Crippen LogP contribution in [0.1, 0.15) is 124 Å². The second-order valence-electron chi connectivity index (χ2n) is 7.30. The number of hydrogen-bond donors (Lipinski definition) is 0. The lowest BCUT2D eigenvalue weighted by atomic mass is 10.0. The van der Waals surface area contributed by atoms with E-state index in [-0.39, 0.29) is 5.97 Å². The molecule has 0 heterocycles. The van der Waals surface area contributed by atoms with Crippen molar-refractivity contribution in [2.75, 3.05) is 6.61 Å². The molecular weight excluding hydrogens is 308 g/mol. The fraction of sp³-hybridized carbons (Fsp3) is 0.870. The molecule has 2 nitrogen and oxygen atoms in total. The Morgan fingerprint density at radius 1 is 0.680 bits per heavy atom. The van der Waals surface area contributed by atoms with Gasteiger partial charge < -0.3 is 4.74 Å². The lowest BCUT2D eigenvalue weighted by Gasteiger charge is -2.09. The predicted octanol–water partition coefficient (Wildman–Crippen LogP) is 7.76. The fourth-order valence-electron chi connectivity index (χ4n) is 3.05. The molecule has 0 radical (unpaired) electrons. The lowest BCUT2D eigenvalue weighted by molar-refractivity contribution is -0.143. The van der Waals surface area contributed by atoms with Gasteiger partial charge in [-0.2, -0.15) is 0 Å². The van der Waals surface area contributed by atoms with Crippen LogP contribution >= 0.6 is 0 Å². The maximum atomic E-state index is 11.7. The summed E-state index contributed by atoms with van der Waals surface area (Å²) >= 11 is 0. The zero-order valence-electron chi connectivity index (χ0n) is 17.4. The minimum absolute atomic E-state index is 0.0151. The van der Waals surface area contributed by atoms with Crippen LogP contribution in [-0.2, 0) is 9.53 Å². The fourth-order valence-corrected chi connectivity index (χ4v) is 3.05. The first-order chi connectivity index (χ1) is 12.2. The Labute approximate surface area is 157 Å². The zero-order chi connectivity index (χ0) is 18.6. The highest BCUT2D eigenvalue weighted by Gasteiger charge is 2.04. The molecule has 0 saturated heterocycles. The van der Waals surface area contributed by atoms with Crippen molar-refractivity contribution in [3.05, 3.63) is 11.6 Å². The molecule has 0 fully saturated rings. The molecule has 0 aliphatic rings. The smallest absolute Gasteiger partial charge is 0.305 e. The van der Waals surface area contributed by atoms with Crippen molar-refractivity contribution in [2.45, 2.75) is 124 Å². The molecule has 0 atom stereocenters. The Morgan fingerprint density at radius 3 is 1.92 bits per heavy atom. The van der Waals surface area contributed by atoms with Crippen LogP contribution in [0.2, 0.25) is 0 Å². The Hall–Kier alpha value is -0.790. The standard InChI is InChI=1S/C23H44O2/c1-4-7-10-12-15-17-22(18-16-13-11-8-5-2)20-21-25-23(24)19-14-9-6-3/h17H,4-16,18-21H2,1-3H3/b22-17+. The van der Waals surface area contributed by atoms with E-state index in [1.807, 2.05) is 0 Å². The number of ether oxygens (including phenoxy) is 1. The number of unbranched alkanes of at least 4 members (excludes halogenated alkanes) is 10. The Balaban J connectivity index is 4.05. The van der Waals surface area contributed by atoms with Gasteiger partial charge in [-0.15, -0.1) is 0 Å². The predicted molar refractivity (Wildman–Crippen MR) is 110 cm³/mol. The molecule has 0 saturated carbocycles. The number of esters is 1. The lowest BCUT2D eigenvalue weighted by Crippen LogP contribution is -2.06. The van der Waals surface area contributed by atoms with Crippen molar-refractivity contribution >= 4 is 5.97 Å². The molecule has 0 aromatic carbocycles. The van der Waals surface area contributed by atoms with Crippen LogP contribution in [0.3, 0.4) is 0 Å². The van der Waals surface area contributed by atoms with Gasteiger partial charge in [0.2, 0.25) is 0 Å². The molecule has 0 N–H and O–H groups in total. The van der Waals surface area contributed by atoms with Crippen LogP contribution in [0.15, 0.2) is 11.6 Å². The second kappa shape index (κ2) is 19.5. The maximum Gasteiger partial charge on any atom is 0.305 e. The summed E-state index contributed by atoms with van der Waals surface area (Å²) < 4.78 is 5.43. The zero-order valence-corrected chi connectivity index (χ0v) is 17.4. The van der Waals surface area contributed by atoms with Crippen LogP contribution in [0.5, 0.6) is 0 Å². The van der Waals surface area contributed by atoms with Crippen molar-refractivity contribution in [1.82, 2.24) is 0 Å². The molecule has 0 aliphatic carbocycles. The Kier molecular flexibility index (Phi) is 18.9. The molecular formula is C23H44O2. The first-order valence-corrected chi connectivity index (χ1v) is 11.1. The van der Waals surface area contributed by atoms with E-state index >= 15 is 0 Å². The summed E-state index contributed by atoms with van der Waals surface area (Å²) in [7, 11) is 0. The topological polar surface area (TPSA) is 26.3 Å². The highest BCUT2D eigenvalue weighted by molar-refractivity contribution is 5.69. The molecule has 0 unspecified atom stereocenters. The summed E-state index contributed by atoms with van der Waals surface area (Å²) in [6.07, 6.45) is 21.4. The van der Waals surface area contributed by atoms with Crippen LogP contribution in [0.4, 0.5) is 0 Å². The van der Waals surface area contributed by atoms with Gasteiger partial charge in [0.15, 0.2) is 0 Å². The monoisotopic (exact) mass is 352 g/mol. The van der Waals surface area contributed by atoms with E-state index in [1.165, 1.54) is 76.2 Å². The van der Waals surface area contributed by atoms with Gasteiger partial charge in [-0.25, -0.2) is 0 Å². The number of hydrogen-bond acceptors (Lipinski definition) is 2. The molecule has 0 aliphatic heterocycles. The van der Waals surface area contributed by atoms with Gasteiger partial charge in [-0.3, -0.25) is 4.79 Å². The van der Waals surface area contributed by atoms with Crippen molar-refractivity contribution in [1.29, 1.82) is 0 Å². The number of carbonyl (C=O) groups is 1. The quantitative estimate of drug-likeness (QED) is 0.143. The normalized spacial score (nSPS) is 11.7. The average molecular weight is 353 g/mol. The summed E-state index contributed by atoms with van der Waals surface area (Å²) in [4.78, 5) is 11.7. The molecule has 0 amide bonds. The van der Waals surface area contributed by atoms with Gasteiger partial charge in [-0.1, -0.05) is 90.2 Å². The van der Waals surface area contributed by atoms with E-state index in [2.05, 4.69) is 26.8 Å². The first kappa shape index (κ1) is 24.2. The maximum absolute atomic E-state index is 11.7. The average Bonchev–Trinajstić information content (AvgIpc) is 2.61. The summed E-state index contributed by atoms with van der Waals surface area (Å²) in [5.41, 5.74) is 1.51. The summed E-state index contributed by atoms with van der Waals surface area (Å²) in [5.74, 6) is -0.0151. The summed E-state index contributed by atoms with van der Waals surface area (Å²) in [6, 6.07) is 0. The van der Waals surface area contributed by atoms with E-state index in [1.54, 1.807) is 0 Å². The van der Waals surface area contributed by atoms with Gasteiger partial charge in [0.25, 0.3) is 0 Å². The largest absolute Gasteiger partial charge is 0.465 e. The molecule has 0 rings (SSSR count). The second-order valence-corrected chi connectivity index (χ2v) is 7.30. The molecule has 148 valence electrons. The van der Waals surface area contributed by atoms with Gasteiger partial charge >= 0.3 is 5.97 Å². The first-order valence-electron chi connectivity index (χ1n) is 11.1. The van der Waals surface area contributed by atoms with E-state index in [0.29, 0.717) is 13.0 Å². The van der Waals surface area contributed by atoms with E-state index in [9.17, 15) is 4.79 Å². The van der Waals surface area contributed by atoms with E-state index < -0.39 is 0 Å². The van der Waals surface area contributed by atoms with Gasteiger partial charge in [0.1, 0.15) is 0 Å². The van der Waals surface area contributed by atoms with Gasteiger partial charge in [0.05, 0.1) is 6.61 Å². The van der Waals surface area contributed by atoms with Crippen LogP contribution in [-0.4, -0.2) is 12.6 Å². The third-order valence-electron chi connectivity index (χ3n) is 4.76. The highest BCUT2D eigenvalue weighted by Crippen LogP contribution is 2.17. The number of rotatable bonds is 18. The van der Waals surface area contributed by atoms with E-state index in [0.717, 1.165) is 25.7 Å². The number of allylic oxidation sites excluding steroid dienone is 1. The van der Waals surface area contributed by atoms with Crippen molar-refractivity contribution in [2.24, 2.45) is 0 Å². The van der Waals surface area contributed by atoms with Crippen molar-refractivity contribution in [3.63, 3.8) is 0 Å².